The lowest BCUT2D eigenvalue weighted by molar-refractivity contribution is -0.124. The Bertz CT molecular complexity index is 1100. The minimum Gasteiger partial charge on any atom is -0.351 e. The van der Waals surface area contributed by atoms with Gasteiger partial charge in [-0.1, -0.05) is 50.2 Å². The van der Waals surface area contributed by atoms with Gasteiger partial charge in [0.1, 0.15) is 11.7 Å². The maximum Gasteiger partial charge on any atom is 0.270 e. The highest BCUT2D eigenvalue weighted by Gasteiger charge is 2.29. The number of amides is 3. The number of likely N-dealkylation sites (tertiary alicyclic amines) is 1. The first-order valence-electron chi connectivity index (χ1n) is 11.5. The minimum absolute atomic E-state index is 0.0221. The molecule has 2 aromatic carbocycles. The van der Waals surface area contributed by atoms with E-state index in [1.807, 2.05) is 55.1 Å². The van der Waals surface area contributed by atoms with Crippen LogP contribution in [0.15, 0.2) is 60.7 Å². The van der Waals surface area contributed by atoms with Crippen LogP contribution in [0.1, 0.15) is 47.5 Å². The summed E-state index contributed by atoms with van der Waals surface area (Å²) in [6.45, 7) is 4.97. The standard InChI is InChI=1S/C26H30N4O3/c1-17(2)23(29-24(31)18-8-4-3-5-9-18)25(32)27-20-12-14-30(15-13-20)26(33)22-16-19-10-6-7-11-21(19)28-22/h3-11,16-17,20,23,28H,12-15H2,1-2H3,(H,27,32)(H,29,31)/t23-/m1/s1. The zero-order valence-electron chi connectivity index (χ0n) is 19.0. The van der Waals surface area contributed by atoms with Crippen LogP contribution < -0.4 is 10.6 Å². The van der Waals surface area contributed by atoms with Gasteiger partial charge in [-0.2, -0.15) is 0 Å². The van der Waals surface area contributed by atoms with E-state index in [0.717, 1.165) is 10.9 Å². The van der Waals surface area contributed by atoms with Gasteiger partial charge in [-0.25, -0.2) is 0 Å². The van der Waals surface area contributed by atoms with E-state index in [2.05, 4.69) is 15.6 Å². The number of para-hydroxylation sites is 1. The van der Waals surface area contributed by atoms with Crippen molar-refractivity contribution in [3.63, 3.8) is 0 Å². The largest absolute Gasteiger partial charge is 0.351 e. The maximum absolute atomic E-state index is 12.9. The molecule has 1 fully saturated rings. The molecule has 0 aliphatic carbocycles. The van der Waals surface area contributed by atoms with Gasteiger partial charge in [-0.05, 0) is 43.0 Å². The van der Waals surface area contributed by atoms with Gasteiger partial charge in [-0.15, -0.1) is 0 Å². The molecule has 7 nitrogen and oxygen atoms in total. The summed E-state index contributed by atoms with van der Waals surface area (Å²) >= 11 is 0. The highest BCUT2D eigenvalue weighted by molar-refractivity contribution is 5.98. The summed E-state index contributed by atoms with van der Waals surface area (Å²) in [5.41, 5.74) is 2.06. The van der Waals surface area contributed by atoms with Gasteiger partial charge in [0.2, 0.25) is 5.91 Å². The number of rotatable bonds is 6. The molecule has 4 rings (SSSR count). The third kappa shape index (κ3) is 5.25. The molecule has 0 radical (unpaired) electrons. The molecule has 1 aliphatic rings. The number of fused-ring (bicyclic) bond motifs is 1. The Kier molecular flexibility index (Phi) is 6.77. The molecule has 0 bridgehead atoms. The van der Waals surface area contributed by atoms with Crippen LogP contribution in [0.3, 0.4) is 0 Å². The minimum atomic E-state index is -0.622. The highest BCUT2D eigenvalue weighted by Crippen LogP contribution is 2.19. The molecule has 7 heteroatoms. The topological polar surface area (TPSA) is 94.3 Å². The molecule has 3 N–H and O–H groups in total. The Morgan fingerprint density at radius 2 is 1.64 bits per heavy atom. The van der Waals surface area contributed by atoms with Crippen molar-refractivity contribution in [1.29, 1.82) is 0 Å². The number of carbonyl (C=O) groups excluding carboxylic acids is 3. The van der Waals surface area contributed by atoms with E-state index in [0.29, 0.717) is 37.2 Å². The van der Waals surface area contributed by atoms with Crippen molar-refractivity contribution < 1.29 is 14.4 Å². The molecule has 0 unspecified atom stereocenters. The van der Waals surface area contributed by atoms with Gasteiger partial charge in [-0.3, -0.25) is 14.4 Å². The lowest BCUT2D eigenvalue weighted by Gasteiger charge is -2.33. The molecule has 2 heterocycles. The van der Waals surface area contributed by atoms with Gasteiger partial charge >= 0.3 is 0 Å². The molecular formula is C26H30N4O3. The first kappa shape index (κ1) is 22.6. The molecule has 1 aliphatic heterocycles. The quantitative estimate of drug-likeness (QED) is 0.542. The van der Waals surface area contributed by atoms with E-state index in [9.17, 15) is 14.4 Å². The van der Waals surface area contributed by atoms with Gasteiger partial charge in [0, 0.05) is 35.6 Å². The monoisotopic (exact) mass is 446 g/mol. The van der Waals surface area contributed by atoms with Gasteiger partial charge in [0.25, 0.3) is 11.8 Å². The second-order valence-corrected chi connectivity index (χ2v) is 8.91. The molecule has 1 saturated heterocycles. The lowest BCUT2D eigenvalue weighted by atomic mass is 10.00. The zero-order chi connectivity index (χ0) is 23.4. The van der Waals surface area contributed by atoms with Crippen molar-refractivity contribution in [3.8, 4) is 0 Å². The number of carbonyl (C=O) groups is 3. The Morgan fingerprint density at radius 1 is 0.970 bits per heavy atom. The van der Waals surface area contributed by atoms with Crippen LogP contribution in [0.4, 0.5) is 0 Å². The van der Waals surface area contributed by atoms with E-state index < -0.39 is 6.04 Å². The lowest BCUT2D eigenvalue weighted by Crippen LogP contribution is -2.54. The normalized spacial score (nSPS) is 15.4. The first-order valence-corrected chi connectivity index (χ1v) is 11.5. The predicted octanol–water partition coefficient (Wildman–Crippen LogP) is 3.34. The van der Waals surface area contributed by atoms with E-state index in [-0.39, 0.29) is 29.7 Å². The number of hydrogen-bond donors (Lipinski definition) is 3. The number of piperidine rings is 1. The number of hydrogen-bond acceptors (Lipinski definition) is 3. The van der Waals surface area contributed by atoms with Crippen molar-refractivity contribution in [1.82, 2.24) is 20.5 Å². The van der Waals surface area contributed by atoms with Gasteiger partial charge in [0.15, 0.2) is 0 Å². The van der Waals surface area contributed by atoms with Crippen molar-refractivity contribution in [2.75, 3.05) is 13.1 Å². The Morgan fingerprint density at radius 3 is 2.30 bits per heavy atom. The summed E-state index contributed by atoms with van der Waals surface area (Å²) in [6, 6.07) is 17.9. The summed E-state index contributed by atoms with van der Waals surface area (Å²) in [4.78, 5) is 43.4. The average molecular weight is 447 g/mol. The summed E-state index contributed by atoms with van der Waals surface area (Å²) < 4.78 is 0. The number of nitrogens with zero attached hydrogens (tertiary/aromatic N) is 1. The number of benzene rings is 2. The van der Waals surface area contributed by atoms with Crippen LogP contribution in [-0.4, -0.2) is 52.8 Å². The van der Waals surface area contributed by atoms with Crippen molar-refractivity contribution in [3.05, 3.63) is 71.9 Å². The van der Waals surface area contributed by atoms with Crippen LogP contribution in [0.2, 0.25) is 0 Å². The van der Waals surface area contributed by atoms with Crippen LogP contribution in [0.25, 0.3) is 10.9 Å². The highest BCUT2D eigenvalue weighted by atomic mass is 16.2. The molecule has 0 saturated carbocycles. The Hall–Kier alpha value is -3.61. The summed E-state index contributed by atoms with van der Waals surface area (Å²) in [6.07, 6.45) is 1.35. The van der Waals surface area contributed by atoms with Crippen LogP contribution in [0, 0.1) is 5.92 Å². The summed E-state index contributed by atoms with van der Waals surface area (Å²) in [5.74, 6) is -0.523. The molecule has 33 heavy (non-hydrogen) atoms. The number of H-pyrrole nitrogens is 1. The first-order chi connectivity index (χ1) is 15.9. The maximum atomic E-state index is 12.9. The molecular weight excluding hydrogens is 416 g/mol. The zero-order valence-corrected chi connectivity index (χ0v) is 19.0. The molecule has 1 aromatic heterocycles. The fourth-order valence-electron chi connectivity index (χ4n) is 4.23. The van der Waals surface area contributed by atoms with E-state index in [1.165, 1.54) is 0 Å². The average Bonchev–Trinajstić information content (AvgIpc) is 3.27. The SMILES string of the molecule is CC(C)[C@@H](NC(=O)c1ccccc1)C(=O)NC1CCN(C(=O)c2cc3ccccc3[nH]2)CC1. The van der Waals surface area contributed by atoms with Crippen molar-refractivity contribution in [2.45, 2.75) is 38.8 Å². The fourth-order valence-corrected chi connectivity index (χ4v) is 4.23. The Labute approximate surface area is 193 Å². The van der Waals surface area contributed by atoms with E-state index in [1.54, 1.807) is 24.3 Å². The van der Waals surface area contributed by atoms with Crippen LogP contribution in [-0.2, 0) is 4.79 Å². The summed E-state index contributed by atoms with van der Waals surface area (Å²) in [7, 11) is 0. The van der Waals surface area contributed by atoms with Crippen LogP contribution >= 0.6 is 0 Å². The van der Waals surface area contributed by atoms with Gasteiger partial charge < -0.3 is 20.5 Å². The van der Waals surface area contributed by atoms with Gasteiger partial charge in [0.05, 0.1) is 0 Å². The Balaban J connectivity index is 1.32. The van der Waals surface area contributed by atoms with E-state index in [4.69, 9.17) is 0 Å². The third-order valence-electron chi connectivity index (χ3n) is 6.16. The predicted molar refractivity (Wildman–Crippen MR) is 128 cm³/mol. The number of aromatic amines is 1. The number of nitrogens with one attached hydrogen (secondary N) is 3. The molecule has 0 spiro atoms. The molecule has 3 aromatic rings. The summed E-state index contributed by atoms with van der Waals surface area (Å²) in [5, 5.41) is 6.96. The van der Waals surface area contributed by atoms with Crippen LogP contribution in [0.5, 0.6) is 0 Å². The van der Waals surface area contributed by atoms with Crippen molar-refractivity contribution in [2.24, 2.45) is 5.92 Å². The molecule has 172 valence electrons. The third-order valence-corrected chi connectivity index (χ3v) is 6.16. The smallest absolute Gasteiger partial charge is 0.270 e. The second kappa shape index (κ2) is 9.90. The fraction of sp³-hybridized carbons (Fsp3) is 0.346. The number of aromatic nitrogens is 1. The molecule has 3 amide bonds. The second-order valence-electron chi connectivity index (χ2n) is 8.91. The molecule has 1 atom stereocenters. The van der Waals surface area contributed by atoms with E-state index >= 15 is 0 Å². The van der Waals surface area contributed by atoms with Crippen molar-refractivity contribution >= 4 is 28.6 Å².